The van der Waals surface area contributed by atoms with E-state index in [0.29, 0.717) is 17.8 Å². The van der Waals surface area contributed by atoms with Crippen molar-refractivity contribution in [2.75, 3.05) is 13.2 Å². The van der Waals surface area contributed by atoms with Crippen LogP contribution < -0.4 is 10.1 Å². The maximum absolute atomic E-state index is 13.4. The van der Waals surface area contributed by atoms with Crippen LogP contribution >= 0.6 is 0 Å². The normalized spacial score (nSPS) is 13.1. The number of halogens is 1. The van der Waals surface area contributed by atoms with Gasteiger partial charge >= 0.3 is 5.97 Å². The number of carboxylic acid groups (broad SMARTS) is 1. The number of aromatic nitrogens is 2. The molecule has 0 saturated carbocycles. The number of hydrogen-bond donors (Lipinski definition) is 4. The molecular formula is C21H28FN3O6. The molecule has 0 unspecified atom stereocenters. The Bertz CT molecular complexity index is 897. The fourth-order valence-corrected chi connectivity index (χ4v) is 3.09. The smallest absolute Gasteiger partial charge is 0.305 e. The number of amides is 1. The SMILES string of the molecule is CCNC(=O)c1nn(-c2ccc(F)cc2)c(OC[C@@H](O)C[C@@H](O)CC(=O)O)c1C(C)C. The number of aliphatic carboxylic acids is 1. The van der Waals surface area contributed by atoms with Gasteiger partial charge in [0, 0.05) is 18.5 Å². The molecular weight excluding hydrogens is 409 g/mol. The van der Waals surface area contributed by atoms with Gasteiger partial charge in [0.1, 0.15) is 12.4 Å². The number of nitrogens with one attached hydrogen (secondary N) is 1. The average molecular weight is 437 g/mol. The number of hydrogen-bond acceptors (Lipinski definition) is 6. The summed E-state index contributed by atoms with van der Waals surface area (Å²) in [4.78, 5) is 23.3. The highest BCUT2D eigenvalue weighted by Gasteiger charge is 2.28. The number of nitrogens with zero attached hydrogens (tertiary/aromatic N) is 2. The molecule has 9 nitrogen and oxygen atoms in total. The third kappa shape index (κ3) is 6.50. The van der Waals surface area contributed by atoms with E-state index in [9.17, 15) is 24.2 Å². The fraction of sp³-hybridized carbons (Fsp3) is 0.476. The summed E-state index contributed by atoms with van der Waals surface area (Å²) in [7, 11) is 0. The monoisotopic (exact) mass is 437 g/mol. The molecule has 0 aliphatic rings. The van der Waals surface area contributed by atoms with Crippen molar-refractivity contribution in [3.63, 3.8) is 0 Å². The van der Waals surface area contributed by atoms with Gasteiger partial charge in [0.25, 0.3) is 5.91 Å². The Kier molecular flexibility index (Phi) is 8.52. The van der Waals surface area contributed by atoms with Gasteiger partial charge in [-0.05, 0) is 37.1 Å². The van der Waals surface area contributed by atoms with Crippen LogP contribution in [0.3, 0.4) is 0 Å². The standard InChI is InChI=1S/C21H28FN3O6/c1-4-23-20(30)19-18(12(2)3)21(25(24-19)14-7-5-13(22)6-8-14)31-11-16(27)9-15(26)10-17(28)29/h5-8,12,15-16,26-27H,4,9-11H2,1-3H3,(H,23,30)(H,28,29)/t15-,16+/m1/s1. The van der Waals surface area contributed by atoms with E-state index in [4.69, 9.17) is 9.84 Å². The minimum atomic E-state index is -1.23. The molecule has 0 bridgehead atoms. The molecule has 1 amide bonds. The predicted octanol–water partition coefficient (Wildman–Crippen LogP) is 1.85. The van der Waals surface area contributed by atoms with Crippen LogP contribution in [0.25, 0.3) is 5.69 Å². The lowest BCUT2D eigenvalue weighted by Gasteiger charge is -2.17. The third-order valence-electron chi connectivity index (χ3n) is 4.45. The first kappa shape index (κ1) is 24.3. The van der Waals surface area contributed by atoms with Gasteiger partial charge in [0.05, 0.1) is 24.3 Å². The Morgan fingerprint density at radius 3 is 2.39 bits per heavy atom. The predicted molar refractivity (Wildman–Crippen MR) is 110 cm³/mol. The largest absolute Gasteiger partial charge is 0.481 e. The maximum Gasteiger partial charge on any atom is 0.305 e. The maximum atomic E-state index is 13.4. The molecule has 31 heavy (non-hydrogen) atoms. The van der Waals surface area contributed by atoms with Gasteiger partial charge in [-0.1, -0.05) is 13.8 Å². The number of carbonyl (C=O) groups excluding carboxylic acids is 1. The summed E-state index contributed by atoms with van der Waals surface area (Å²) in [5, 5.41) is 35.7. The Labute approximate surface area is 179 Å². The molecule has 2 aromatic rings. The van der Waals surface area contributed by atoms with Gasteiger partial charge in [0.2, 0.25) is 5.88 Å². The van der Waals surface area contributed by atoms with Crippen LogP contribution in [-0.4, -0.2) is 62.3 Å². The number of benzene rings is 1. The molecule has 2 atom stereocenters. The van der Waals surface area contributed by atoms with E-state index in [1.807, 2.05) is 13.8 Å². The van der Waals surface area contributed by atoms with Crippen molar-refractivity contribution in [1.29, 1.82) is 0 Å². The van der Waals surface area contributed by atoms with Crippen molar-refractivity contribution in [2.24, 2.45) is 0 Å². The third-order valence-corrected chi connectivity index (χ3v) is 4.45. The number of ether oxygens (including phenoxy) is 1. The van der Waals surface area contributed by atoms with Crippen LogP contribution in [0, 0.1) is 5.82 Å². The second-order valence-electron chi connectivity index (χ2n) is 7.42. The van der Waals surface area contributed by atoms with Crippen LogP contribution in [0.2, 0.25) is 0 Å². The lowest BCUT2D eigenvalue weighted by Crippen LogP contribution is -2.26. The zero-order valence-corrected chi connectivity index (χ0v) is 17.7. The molecule has 0 radical (unpaired) electrons. The van der Waals surface area contributed by atoms with Crippen LogP contribution in [0.5, 0.6) is 5.88 Å². The number of rotatable bonds is 11. The Balaban J connectivity index is 2.38. The van der Waals surface area contributed by atoms with Crippen LogP contribution in [0.1, 0.15) is 55.6 Å². The molecule has 10 heteroatoms. The molecule has 0 saturated heterocycles. The molecule has 4 N–H and O–H groups in total. The molecule has 0 aliphatic carbocycles. The summed E-state index contributed by atoms with van der Waals surface area (Å²) in [5.41, 5.74) is 1.11. The van der Waals surface area contributed by atoms with Crippen molar-refractivity contribution >= 4 is 11.9 Å². The first-order valence-electron chi connectivity index (χ1n) is 10.0. The first-order chi connectivity index (χ1) is 14.6. The second kappa shape index (κ2) is 10.9. The number of carboxylic acids is 1. The highest BCUT2D eigenvalue weighted by Crippen LogP contribution is 2.33. The Hall–Kier alpha value is -2.98. The summed E-state index contributed by atoms with van der Waals surface area (Å²) in [6.45, 7) is 5.62. The van der Waals surface area contributed by atoms with Crippen molar-refractivity contribution < 1.29 is 34.0 Å². The van der Waals surface area contributed by atoms with E-state index in [2.05, 4.69) is 10.4 Å². The van der Waals surface area contributed by atoms with E-state index in [1.54, 1.807) is 6.92 Å². The summed E-state index contributed by atoms with van der Waals surface area (Å²) in [6.07, 6.45) is -3.08. The van der Waals surface area contributed by atoms with E-state index in [1.165, 1.54) is 28.9 Å². The molecule has 1 aromatic carbocycles. The zero-order chi connectivity index (χ0) is 23.1. The average Bonchev–Trinajstić information content (AvgIpc) is 3.06. The minimum Gasteiger partial charge on any atom is -0.481 e. The van der Waals surface area contributed by atoms with E-state index >= 15 is 0 Å². The Morgan fingerprint density at radius 2 is 1.84 bits per heavy atom. The van der Waals surface area contributed by atoms with E-state index in [-0.39, 0.29) is 30.5 Å². The summed E-state index contributed by atoms with van der Waals surface area (Å²) in [5.74, 6) is -1.97. The topological polar surface area (TPSA) is 134 Å². The van der Waals surface area contributed by atoms with Crippen LogP contribution in [0.4, 0.5) is 4.39 Å². The highest BCUT2D eigenvalue weighted by atomic mass is 19.1. The molecule has 1 aromatic heterocycles. The molecule has 0 aliphatic heterocycles. The summed E-state index contributed by atoms with van der Waals surface area (Å²) in [6, 6.07) is 5.46. The second-order valence-corrected chi connectivity index (χ2v) is 7.42. The first-order valence-corrected chi connectivity index (χ1v) is 10.0. The number of carbonyl (C=O) groups is 2. The van der Waals surface area contributed by atoms with Crippen molar-refractivity contribution in [3.05, 3.63) is 41.3 Å². The molecule has 0 spiro atoms. The quantitative estimate of drug-likeness (QED) is 0.421. The number of aliphatic hydroxyl groups is 2. The molecule has 0 fully saturated rings. The minimum absolute atomic E-state index is 0.150. The van der Waals surface area contributed by atoms with Crippen LogP contribution in [0.15, 0.2) is 24.3 Å². The van der Waals surface area contributed by atoms with Gasteiger partial charge in [-0.15, -0.1) is 0 Å². The zero-order valence-electron chi connectivity index (χ0n) is 17.7. The fourth-order valence-electron chi connectivity index (χ4n) is 3.09. The lowest BCUT2D eigenvalue weighted by atomic mass is 10.0. The van der Waals surface area contributed by atoms with Gasteiger partial charge in [0.15, 0.2) is 5.69 Å². The van der Waals surface area contributed by atoms with Crippen LogP contribution in [-0.2, 0) is 4.79 Å². The summed E-state index contributed by atoms with van der Waals surface area (Å²) < 4.78 is 20.6. The van der Waals surface area contributed by atoms with Crippen molar-refractivity contribution in [1.82, 2.24) is 15.1 Å². The van der Waals surface area contributed by atoms with Gasteiger partial charge in [-0.3, -0.25) is 9.59 Å². The highest BCUT2D eigenvalue weighted by molar-refractivity contribution is 5.94. The molecule has 1 heterocycles. The van der Waals surface area contributed by atoms with Gasteiger partial charge in [-0.2, -0.15) is 5.10 Å². The molecule has 170 valence electrons. The van der Waals surface area contributed by atoms with Gasteiger partial charge < -0.3 is 25.4 Å². The van der Waals surface area contributed by atoms with Gasteiger partial charge in [-0.25, -0.2) is 9.07 Å². The van der Waals surface area contributed by atoms with Crippen molar-refractivity contribution in [3.8, 4) is 11.6 Å². The Morgan fingerprint density at radius 1 is 1.19 bits per heavy atom. The summed E-state index contributed by atoms with van der Waals surface area (Å²) >= 11 is 0. The molecule has 2 rings (SSSR count). The lowest BCUT2D eigenvalue weighted by molar-refractivity contribution is -0.139. The van der Waals surface area contributed by atoms with Crippen molar-refractivity contribution in [2.45, 2.75) is 51.7 Å². The van der Waals surface area contributed by atoms with E-state index in [0.717, 1.165) is 0 Å². The van der Waals surface area contributed by atoms with E-state index < -0.39 is 36.3 Å². The number of aliphatic hydroxyl groups excluding tert-OH is 2.